The van der Waals surface area contributed by atoms with Crippen molar-refractivity contribution in [1.29, 1.82) is 0 Å². The second kappa shape index (κ2) is 7.90. The third-order valence-electron chi connectivity index (χ3n) is 6.28. The number of ether oxygens (including phenoxy) is 2. The van der Waals surface area contributed by atoms with Crippen LogP contribution in [0.3, 0.4) is 0 Å². The van der Waals surface area contributed by atoms with Gasteiger partial charge in [0.1, 0.15) is 11.2 Å². The van der Waals surface area contributed by atoms with Crippen LogP contribution < -0.4 is 9.64 Å². The lowest BCUT2D eigenvalue weighted by Gasteiger charge is -2.42. The van der Waals surface area contributed by atoms with Gasteiger partial charge in [0, 0.05) is 42.1 Å². The summed E-state index contributed by atoms with van der Waals surface area (Å²) in [7, 11) is 1.39. The highest BCUT2D eigenvalue weighted by Crippen LogP contribution is 2.37. The molecule has 8 nitrogen and oxygen atoms in total. The first-order valence-corrected chi connectivity index (χ1v) is 11.2. The molecule has 2 saturated heterocycles. The highest BCUT2D eigenvalue weighted by molar-refractivity contribution is 5.94. The van der Waals surface area contributed by atoms with E-state index in [4.69, 9.17) is 9.47 Å². The number of halogens is 1. The van der Waals surface area contributed by atoms with E-state index in [2.05, 4.69) is 19.9 Å². The SMILES string of the molecule is COc1nccc(-c2cc3c(N4CC5CCC(C4)N5C(=O)OC(C)(C)C)ccnc3[nH]2)c1F. The maximum Gasteiger partial charge on any atom is 0.410 e. The van der Waals surface area contributed by atoms with Crippen molar-refractivity contribution < 1.29 is 18.7 Å². The Kier molecular flexibility index (Phi) is 5.14. The number of hydrogen-bond acceptors (Lipinski definition) is 6. The fourth-order valence-electron chi connectivity index (χ4n) is 4.92. The Morgan fingerprint density at radius 2 is 1.85 bits per heavy atom. The first-order valence-electron chi connectivity index (χ1n) is 11.2. The average Bonchev–Trinajstić information content (AvgIpc) is 3.31. The van der Waals surface area contributed by atoms with Crippen molar-refractivity contribution in [2.24, 2.45) is 0 Å². The van der Waals surface area contributed by atoms with E-state index < -0.39 is 11.4 Å². The number of H-pyrrole nitrogens is 1. The smallest absolute Gasteiger partial charge is 0.410 e. The first-order chi connectivity index (χ1) is 15.7. The molecule has 0 radical (unpaired) electrons. The Hall–Kier alpha value is -3.36. The molecular weight excluding hydrogens is 425 g/mol. The van der Waals surface area contributed by atoms with Crippen molar-refractivity contribution in [2.45, 2.75) is 51.3 Å². The predicted molar refractivity (Wildman–Crippen MR) is 123 cm³/mol. The summed E-state index contributed by atoms with van der Waals surface area (Å²) in [5.74, 6) is -0.564. The molecule has 5 heterocycles. The topological polar surface area (TPSA) is 83.6 Å². The second-order valence-electron chi connectivity index (χ2n) is 9.63. The molecule has 174 valence electrons. The van der Waals surface area contributed by atoms with Crippen LogP contribution in [0.4, 0.5) is 14.9 Å². The number of hydrogen-bond donors (Lipinski definition) is 1. The molecule has 9 heteroatoms. The van der Waals surface area contributed by atoms with Gasteiger partial charge in [0.05, 0.1) is 24.9 Å². The molecule has 33 heavy (non-hydrogen) atoms. The molecule has 0 aromatic carbocycles. The van der Waals surface area contributed by atoms with Crippen molar-refractivity contribution in [3.05, 3.63) is 36.4 Å². The van der Waals surface area contributed by atoms with Gasteiger partial charge in [-0.25, -0.2) is 19.2 Å². The molecule has 0 aliphatic carbocycles. The van der Waals surface area contributed by atoms with Crippen molar-refractivity contribution in [1.82, 2.24) is 19.9 Å². The van der Waals surface area contributed by atoms with Gasteiger partial charge in [-0.15, -0.1) is 0 Å². The molecule has 2 bridgehead atoms. The number of nitrogens with one attached hydrogen (secondary N) is 1. The highest BCUT2D eigenvalue weighted by atomic mass is 19.1. The number of pyridine rings is 2. The third-order valence-corrected chi connectivity index (χ3v) is 6.28. The van der Waals surface area contributed by atoms with Gasteiger partial charge in [-0.1, -0.05) is 0 Å². The van der Waals surface area contributed by atoms with Crippen molar-refractivity contribution >= 4 is 22.8 Å². The zero-order valence-electron chi connectivity index (χ0n) is 19.3. The van der Waals surface area contributed by atoms with Crippen LogP contribution in [0.2, 0.25) is 0 Å². The fraction of sp³-hybridized carbons (Fsp3) is 0.458. The van der Waals surface area contributed by atoms with E-state index in [1.54, 1.807) is 12.3 Å². The molecule has 3 aromatic heterocycles. The van der Waals surface area contributed by atoms with Crippen LogP contribution >= 0.6 is 0 Å². The van der Waals surface area contributed by atoms with Gasteiger partial charge in [0.2, 0.25) is 0 Å². The van der Waals surface area contributed by atoms with Gasteiger partial charge in [-0.2, -0.15) is 0 Å². The number of rotatable bonds is 3. The van der Waals surface area contributed by atoms with Crippen LogP contribution in [0, 0.1) is 5.82 Å². The third kappa shape index (κ3) is 3.85. The van der Waals surface area contributed by atoms with Gasteiger partial charge >= 0.3 is 6.09 Å². The number of anilines is 1. The Bertz CT molecular complexity index is 1190. The summed E-state index contributed by atoms with van der Waals surface area (Å²) in [6, 6.07) is 5.70. The molecular formula is C24H28FN5O3. The lowest BCUT2D eigenvalue weighted by atomic mass is 10.1. The second-order valence-corrected chi connectivity index (χ2v) is 9.63. The summed E-state index contributed by atoms with van der Waals surface area (Å²) in [6.45, 7) is 7.10. The molecule has 2 aliphatic heterocycles. The number of piperazine rings is 1. The largest absolute Gasteiger partial charge is 0.479 e. The van der Waals surface area contributed by atoms with E-state index in [0.717, 1.165) is 23.9 Å². The molecule has 2 unspecified atom stereocenters. The molecule has 5 rings (SSSR count). The molecule has 0 spiro atoms. The van der Waals surface area contributed by atoms with E-state index in [0.29, 0.717) is 30.0 Å². The van der Waals surface area contributed by atoms with E-state index in [1.165, 1.54) is 13.3 Å². The number of carbonyl (C=O) groups is 1. The summed E-state index contributed by atoms with van der Waals surface area (Å²) in [5, 5.41) is 0.910. The fourth-order valence-corrected chi connectivity index (χ4v) is 4.92. The van der Waals surface area contributed by atoms with Gasteiger partial charge in [-0.3, -0.25) is 4.90 Å². The van der Waals surface area contributed by atoms with E-state index in [1.807, 2.05) is 37.8 Å². The van der Waals surface area contributed by atoms with Crippen molar-refractivity contribution in [3.8, 4) is 17.1 Å². The highest BCUT2D eigenvalue weighted by Gasteiger charge is 2.44. The molecule has 2 fully saturated rings. The quantitative estimate of drug-likeness (QED) is 0.634. The number of aromatic nitrogens is 3. The molecule has 2 atom stereocenters. The molecule has 1 amide bonds. The molecule has 2 aliphatic rings. The van der Waals surface area contributed by atoms with Gasteiger partial charge in [0.25, 0.3) is 5.88 Å². The average molecular weight is 454 g/mol. The summed E-state index contributed by atoms with van der Waals surface area (Å²) in [4.78, 5) is 28.6. The minimum Gasteiger partial charge on any atom is -0.479 e. The molecule has 3 aromatic rings. The first kappa shape index (κ1) is 21.5. The normalized spacial score (nSPS) is 20.4. The Balaban J connectivity index is 1.45. The lowest BCUT2D eigenvalue weighted by Crippen LogP contribution is -2.56. The van der Waals surface area contributed by atoms with Crippen LogP contribution in [-0.2, 0) is 4.74 Å². The zero-order chi connectivity index (χ0) is 23.3. The number of fused-ring (bicyclic) bond motifs is 3. The van der Waals surface area contributed by atoms with Gasteiger partial charge < -0.3 is 19.4 Å². The Morgan fingerprint density at radius 3 is 2.52 bits per heavy atom. The monoisotopic (exact) mass is 453 g/mol. The maximum absolute atomic E-state index is 14.8. The number of methoxy groups -OCH3 is 1. The number of carbonyl (C=O) groups excluding carboxylic acids is 1. The van der Waals surface area contributed by atoms with Gasteiger partial charge in [-0.05, 0) is 51.8 Å². The summed E-state index contributed by atoms with van der Waals surface area (Å²) in [6.07, 6.45) is 4.94. The van der Waals surface area contributed by atoms with E-state index >= 15 is 0 Å². The predicted octanol–water partition coefficient (Wildman–Crippen LogP) is 4.36. The summed E-state index contributed by atoms with van der Waals surface area (Å²) in [5.41, 5.74) is 2.17. The van der Waals surface area contributed by atoms with E-state index in [9.17, 15) is 9.18 Å². The standard InChI is InChI=1S/C24H28FN5O3/c1-24(2,3)33-23(31)30-14-5-6-15(30)13-29(12-14)19-8-10-26-21-17(19)11-18(28-21)16-7-9-27-22(32-4)20(16)25/h7-11,14-15H,5-6,12-13H2,1-4H3,(H,26,28). The van der Waals surface area contributed by atoms with Crippen LogP contribution in [0.25, 0.3) is 22.3 Å². The molecule has 1 N–H and O–H groups in total. The Morgan fingerprint density at radius 1 is 1.15 bits per heavy atom. The van der Waals surface area contributed by atoms with E-state index in [-0.39, 0.29) is 24.1 Å². The van der Waals surface area contributed by atoms with Crippen molar-refractivity contribution in [3.63, 3.8) is 0 Å². The summed E-state index contributed by atoms with van der Waals surface area (Å²) >= 11 is 0. The lowest BCUT2D eigenvalue weighted by molar-refractivity contribution is 0.0123. The van der Waals surface area contributed by atoms with Crippen LogP contribution in [0.15, 0.2) is 30.6 Å². The van der Waals surface area contributed by atoms with Crippen molar-refractivity contribution in [2.75, 3.05) is 25.1 Å². The van der Waals surface area contributed by atoms with Crippen LogP contribution in [0.1, 0.15) is 33.6 Å². The maximum atomic E-state index is 14.8. The number of nitrogens with zero attached hydrogens (tertiary/aromatic N) is 4. The molecule has 0 saturated carbocycles. The number of amides is 1. The minimum atomic E-state index is -0.517. The minimum absolute atomic E-state index is 0.0471. The zero-order valence-corrected chi connectivity index (χ0v) is 19.3. The van der Waals surface area contributed by atoms with Gasteiger partial charge in [0.15, 0.2) is 5.82 Å². The van der Waals surface area contributed by atoms with Crippen LogP contribution in [-0.4, -0.2) is 63.8 Å². The summed E-state index contributed by atoms with van der Waals surface area (Å²) < 4.78 is 25.5. The number of aromatic amines is 1. The Labute approximate surface area is 191 Å². The van der Waals surface area contributed by atoms with Crippen LogP contribution in [0.5, 0.6) is 5.88 Å².